The fraction of sp³-hybridized carbons (Fsp3) is 0. The van der Waals surface area contributed by atoms with Crippen LogP contribution in [0.1, 0.15) is 0 Å². The van der Waals surface area contributed by atoms with Gasteiger partial charge in [-0.3, -0.25) is 9.11 Å². The van der Waals surface area contributed by atoms with Crippen LogP contribution >= 0.6 is 22.7 Å². The molecule has 2 aromatic heterocycles. The van der Waals surface area contributed by atoms with Gasteiger partial charge in [0.05, 0.1) is 20.4 Å². The van der Waals surface area contributed by atoms with E-state index in [-0.39, 0.29) is 11.4 Å². The van der Waals surface area contributed by atoms with Gasteiger partial charge >= 0.3 is 0 Å². The van der Waals surface area contributed by atoms with Crippen LogP contribution in [0, 0.1) is 0 Å². The summed E-state index contributed by atoms with van der Waals surface area (Å²) in [5.74, 6) is 0. The molecule has 0 aliphatic carbocycles. The molecule has 200 valence electrons. The molecule has 0 saturated carbocycles. The molecule has 40 heavy (non-hydrogen) atoms. The SMILES string of the molecule is O=S(=O)(O)c1cc(-c2nc3ccccc3s2)ccc1N=Nc1ccc(-c2nc3ccccc3s2)cc1S(=O)(=O)O. The largest absolute Gasteiger partial charge is 0.296 e. The number of para-hydroxylation sites is 2. The Morgan fingerprint density at radius 3 is 1.35 bits per heavy atom. The second-order valence-corrected chi connectivity index (χ2v) is 13.3. The molecule has 0 spiro atoms. The van der Waals surface area contributed by atoms with Crippen LogP contribution in [-0.4, -0.2) is 35.9 Å². The molecule has 4 aromatic carbocycles. The maximum absolute atomic E-state index is 12.2. The first-order chi connectivity index (χ1) is 19.1. The number of fused-ring (bicyclic) bond motifs is 2. The average molecular weight is 609 g/mol. The molecular weight excluding hydrogens is 593 g/mol. The molecule has 0 radical (unpaired) electrons. The zero-order chi connectivity index (χ0) is 28.1. The summed E-state index contributed by atoms with van der Waals surface area (Å²) in [4.78, 5) is 7.94. The van der Waals surface area contributed by atoms with E-state index in [9.17, 15) is 25.9 Å². The molecule has 2 N–H and O–H groups in total. The molecule has 2 heterocycles. The summed E-state index contributed by atoms with van der Waals surface area (Å²) < 4.78 is 70.5. The second kappa shape index (κ2) is 9.92. The van der Waals surface area contributed by atoms with Crippen molar-refractivity contribution in [3.8, 4) is 21.1 Å². The predicted octanol–water partition coefficient (Wildman–Crippen LogP) is 7.15. The minimum absolute atomic E-state index is 0.233. The summed E-state index contributed by atoms with van der Waals surface area (Å²) in [5, 5.41) is 8.90. The van der Waals surface area contributed by atoms with E-state index in [1.165, 1.54) is 46.9 Å². The molecular formula is C26H16N4O6S4. The van der Waals surface area contributed by atoms with Gasteiger partial charge in [-0.05, 0) is 60.7 Å². The Kier molecular flexibility index (Phi) is 6.53. The fourth-order valence-corrected chi connectivity index (χ4v) is 7.19. The van der Waals surface area contributed by atoms with E-state index < -0.39 is 30.0 Å². The minimum atomic E-state index is -4.74. The van der Waals surface area contributed by atoms with Crippen molar-refractivity contribution < 1.29 is 25.9 Å². The number of hydrogen-bond donors (Lipinski definition) is 2. The number of hydrogen-bond acceptors (Lipinski definition) is 10. The summed E-state index contributed by atoms with van der Waals surface area (Å²) >= 11 is 2.70. The van der Waals surface area contributed by atoms with Crippen molar-refractivity contribution in [1.82, 2.24) is 9.97 Å². The number of nitrogens with zero attached hydrogens (tertiary/aromatic N) is 4. The maximum Gasteiger partial charge on any atom is 0.296 e. The molecule has 0 amide bonds. The van der Waals surface area contributed by atoms with Gasteiger partial charge in [0.1, 0.15) is 31.2 Å². The highest BCUT2D eigenvalue weighted by molar-refractivity contribution is 7.86. The van der Waals surface area contributed by atoms with E-state index in [1.54, 1.807) is 12.1 Å². The van der Waals surface area contributed by atoms with Crippen molar-refractivity contribution in [2.75, 3.05) is 0 Å². The molecule has 0 aliphatic rings. The molecule has 0 fully saturated rings. The van der Waals surface area contributed by atoms with Gasteiger partial charge < -0.3 is 0 Å². The van der Waals surface area contributed by atoms with Crippen molar-refractivity contribution >= 4 is 74.7 Å². The number of rotatable bonds is 6. The van der Waals surface area contributed by atoms with Crippen LogP contribution in [0.25, 0.3) is 41.6 Å². The second-order valence-electron chi connectivity index (χ2n) is 8.49. The lowest BCUT2D eigenvalue weighted by Crippen LogP contribution is -1.99. The highest BCUT2D eigenvalue weighted by atomic mass is 32.2. The summed E-state index contributed by atoms with van der Waals surface area (Å²) in [6.45, 7) is 0. The standard InChI is InChI=1S/C26H16N4O6S4/c31-39(32,33)23-13-15(25-27-17-5-1-3-7-21(17)37-25)9-11-19(23)29-30-20-12-10-16(14-24(20)40(34,35)36)26-28-18-6-2-4-8-22(18)38-26/h1-14H,(H,31,32,33)(H,34,35,36). The van der Waals surface area contributed by atoms with Crippen molar-refractivity contribution in [3.63, 3.8) is 0 Å². The first-order valence-corrected chi connectivity index (χ1v) is 15.9. The Morgan fingerprint density at radius 1 is 0.575 bits per heavy atom. The molecule has 0 unspecified atom stereocenters. The normalized spacial score (nSPS) is 12.6. The highest BCUT2D eigenvalue weighted by Crippen LogP contribution is 2.37. The lowest BCUT2D eigenvalue weighted by molar-refractivity contribution is 0.481. The van der Waals surface area contributed by atoms with Gasteiger partial charge in [-0.25, -0.2) is 9.97 Å². The topological polar surface area (TPSA) is 159 Å². The Morgan fingerprint density at radius 2 is 0.975 bits per heavy atom. The summed E-state index contributed by atoms with van der Waals surface area (Å²) in [6, 6.07) is 23.1. The molecule has 6 aromatic rings. The first kappa shape index (κ1) is 26.3. The molecule has 0 aliphatic heterocycles. The number of benzene rings is 4. The Bertz CT molecular complexity index is 1970. The summed E-state index contributed by atoms with van der Waals surface area (Å²) in [7, 11) is -9.49. The van der Waals surface area contributed by atoms with Gasteiger partial charge in [-0.2, -0.15) is 16.8 Å². The zero-order valence-electron chi connectivity index (χ0n) is 20.0. The third-order valence-electron chi connectivity index (χ3n) is 5.82. The van der Waals surface area contributed by atoms with Crippen LogP contribution in [0.4, 0.5) is 11.4 Å². The Balaban J connectivity index is 1.40. The van der Waals surface area contributed by atoms with Crippen LogP contribution in [0.15, 0.2) is 105 Å². The van der Waals surface area contributed by atoms with Crippen molar-refractivity contribution in [3.05, 3.63) is 84.9 Å². The minimum Gasteiger partial charge on any atom is -0.282 e. The number of aromatic nitrogens is 2. The lowest BCUT2D eigenvalue weighted by Gasteiger charge is -2.06. The van der Waals surface area contributed by atoms with Gasteiger partial charge in [0.25, 0.3) is 20.2 Å². The van der Waals surface area contributed by atoms with Crippen LogP contribution in [0.2, 0.25) is 0 Å². The quantitative estimate of drug-likeness (QED) is 0.149. The van der Waals surface area contributed by atoms with Gasteiger partial charge in [0.15, 0.2) is 0 Å². The average Bonchev–Trinajstić information content (AvgIpc) is 3.55. The molecule has 0 saturated heterocycles. The molecule has 14 heteroatoms. The molecule has 0 bridgehead atoms. The first-order valence-electron chi connectivity index (χ1n) is 11.4. The van der Waals surface area contributed by atoms with Crippen molar-refractivity contribution in [1.29, 1.82) is 0 Å². The Hall–Kier alpha value is -3.92. The van der Waals surface area contributed by atoms with E-state index in [1.807, 2.05) is 48.5 Å². The third-order valence-corrected chi connectivity index (χ3v) is 9.76. The van der Waals surface area contributed by atoms with Gasteiger partial charge in [0.2, 0.25) is 0 Å². The summed E-state index contributed by atoms with van der Waals surface area (Å²) in [6.07, 6.45) is 0. The number of thiazole rings is 2. The van der Waals surface area contributed by atoms with E-state index in [4.69, 9.17) is 0 Å². The molecule has 6 rings (SSSR count). The zero-order valence-corrected chi connectivity index (χ0v) is 23.3. The van der Waals surface area contributed by atoms with E-state index in [2.05, 4.69) is 20.2 Å². The summed E-state index contributed by atoms with van der Waals surface area (Å²) in [5.41, 5.74) is 1.89. The Labute approximate surface area is 235 Å². The lowest BCUT2D eigenvalue weighted by atomic mass is 10.2. The van der Waals surface area contributed by atoms with Crippen LogP contribution in [0.3, 0.4) is 0 Å². The van der Waals surface area contributed by atoms with Crippen LogP contribution in [-0.2, 0) is 20.2 Å². The van der Waals surface area contributed by atoms with Gasteiger partial charge in [-0.15, -0.1) is 32.9 Å². The third kappa shape index (κ3) is 5.15. The maximum atomic E-state index is 12.2. The van der Waals surface area contributed by atoms with Gasteiger partial charge in [0, 0.05) is 11.1 Å². The van der Waals surface area contributed by atoms with Crippen molar-refractivity contribution in [2.45, 2.75) is 9.79 Å². The molecule has 0 atom stereocenters. The smallest absolute Gasteiger partial charge is 0.282 e. The highest BCUT2D eigenvalue weighted by Gasteiger charge is 2.21. The van der Waals surface area contributed by atoms with Gasteiger partial charge in [-0.1, -0.05) is 24.3 Å². The number of azo groups is 1. The van der Waals surface area contributed by atoms with Crippen LogP contribution < -0.4 is 0 Å². The van der Waals surface area contributed by atoms with Crippen LogP contribution in [0.5, 0.6) is 0 Å². The fourth-order valence-electron chi connectivity index (χ4n) is 3.97. The monoisotopic (exact) mass is 608 g/mol. The van der Waals surface area contributed by atoms with E-state index >= 15 is 0 Å². The van der Waals surface area contributed by atoms with E-state index in [0.29, 0.717) is 21.1 Å². The van der Waals surface area contributed by atoms with E-state index in [0.717, 1.165) is 20.4 Å². The predicted molar refractivity (Wildman–Crippen MR) is 154 cm³/mol. The molecule has 10 nitrogen and oxygen atoms in total. The van der Waals surface area contributed by atoms with Crippen molar-refractivity contribution in [2.24, 2.45) is 10.2 Å².